The van der Waals surface area contributed by atoms with E-state index in [-0.39, 0.29) is 18.6 Å². The summed E-state index contributed by atoms with van der Waals surface area (Å²) in [5.41, 5.74) is 2.34. The number of hydrogen-bond acceptors (Lipinski definition) is 4. The van der Waals surface area contributed by atoms with Gasteiger partial charge in [0.15, 0.2) is 0 Å². The average Bonchev–Trinajstić information content (AvgIpc) is 2.50. The highest BCUT2D eigenvalue weighted by molar-refractivity contribution is 5.85. The van der Waals surface area contributed by atoms with Gasteiger partial charge >= 0.3 is 0 Å². The molecule has 0 bridgehead atoms. The summed E-state index contributed by atoms with van der Waals surface area (Å²) in [5.74, 6) is 0. The fourth-order valence-electron chi connectivity index (χ4n) is 1.38. The molecule has 1 aromatic rings. The summed E-state index contributed by atoms with van der Waals surface area (Å²) in [6, 6.07) is 8.28. The Kier molecular flexibility index (Phi) is 3.52. The fourth-order valence-corrected chi connectivity index (χ4v) is 1.38. The molecule has 1 aromatic carbocycles. The van der Waals surface area contributed by atoms with Gasteiger partial charge in [-0.25, -0.2) is 5.01 Å². The van der Waals surface area contributed by atoms with Gasteiger partial charge < -0.3 is 0 Å². The summed E-state index contributed by atoms with van der Waals surface area (Å²) in [5, 5.41) is 11.8. The van der Waals surface area contributed by atoms with Crippen molar-refractivity contribution < 1.29 is 0 Å². The minimum absolute atomic E-state index is 0. The van der Waals surface area contributed by atoms with Gasteiger partial charge in [-0.05, 0) is 31.2 Å². The lowest BCUT2D eigenvalue weighted by Crippen LogP contribution is -2.33. The molecule has 0 aliphatic carbocycles. The Labute approximate surface area is 95.9 Å². The Morgan fingerprint density at radius 3 is 2.20 bits per heavy atom. The minimum atomic E-state index is 0. The van der Waals surface area contributed by atoms with Crippen molar-refractivity contribution in [2.45, 2.75) is 20.0 Å². The number of halogens is 1. The Morgan fingerprint density at radius 2 is 1.73 bits per heavy atom. The number of anilines is 1. The average molecular weight is 227 g/mol. The van der Waals surface area contributed by atoms with Crippen LogP contribution in [-0.4, -0.2) is 18.2 Å². The molecule has 0 radical (unpaired) electrons. The molecule has 5 heteroatoms. The van der Waals surface area contributed by atoms with E-state index in [1.165, 1.54) is 5.56 Å². The first-order valence-electron chi connectivity index (χ1n) is 4.69. The molecule has 0 fully saturated rings. The lowest BCUT2D eigenvalue weighted by atomic mass is 10.2. The first-order chi connectivity index (χ1) is 6.68. The van der Waals surface area contributed by atoms with E-state index >= 15 is 0 Å². The number of nitrogens with zero attached hydrogens (tertiary/aromatic N) is 4. The molecule has 0 saturated carbocycles. The van der Waals surface area contributed by atoms with Gasteiger partial charge in [0.25, 0.3) is 0 Å². The highest BCUT2D eigenvalue weighted by atomic mass is 35.5. The van der Waals surface area contributed by atoms with Crippen LogP contribution in [0.25, 0.3) is 0 Å². The maximum atomic E-state index is 4.08. The van der Waals surface area contributed by atoms with Crippen LogP contribution in [0.2, 0.25) is 0 Å². The normalized spacial score (nSPS) is 19.3. The first kappa shape index (κ1) is 11.8. The predicted molar refractivity (Wildman–Crippen MR) is 63.0 cm³/mol. The van der Waals surface area contributed by atoms with E-state index in [0.29, 0.717) is 0 Å². The molecule has 1 heterocycles. The van der Waals surface area contributed by atoms with Crippen LogP contribution in [0.4, 0.5) is 5.69 Å². The fraction of sp³-hybridized carbons (Fsp3) is 0.400. The molecule has 1 atom stereocenters. The van der Waals surface area contributed by atoms with Gasteiger partial charge in [-0.3, -0.25) is 5.01 Å². The molecule has 0 amide bonds. The van der Waals surface area contributed by atoms with Crippen LogP contribution >= 0.6 is 12.4 Å². The minimum Gasteiger partial charge on any atom is -0.256 e. The Balaban J connectivity index is 0.00000112. The van der Waals surface area contributed by atoms with Crippen molar-refractivity contribution in [2.75, 3.05) is 12.1 Å². The zero-order chi connectivity index (χ0) is 10.1. The highest BCUT2D eigenvalue weighted by Gasteiger charge is 2.23. The van der Waals surface area contributed by atoms with Gasteiger partial charge in [0.05, 0.1) is 5.69 Å². The third-order valence-corrected chi connectivity index (χ3v) is 2.47. The number of rotatable bonds is 1. The van der Waals surface area contributed by atoms with Gasteiger partial charge in [0.1, 0.15) is 6.17 Å². The Bertz CT molecular complexity index is 349. The van der Waals surface area contributed by atoms with Crippen LogP contribution in [0.5, 0.6) is 0 Å². The van der Waals surface area contributed by atoms with Gasteiger partial charge in [0.2, 0.25) is 0 Å². The van der Waals surface area contributed by atoms with Crippen LogP contribution in [0, 0.1) is 6.92 Å². The van der Waals surface area contributed by atoms with Crippen molar-refractivity contribution in [3.05, 3.63) is 29.8 Å². The van der Waals surface area contributed by atoms with Crippen LogP contribution in [0.1, 0.15) is 12.5 Å². The third-order valence-electron chi connectivity index (χ3n) is 2.47. The maximum absolute atomic E-state index is 4.08. The summed E-state index contributed by atoms with van der Waals surface area (Å²) >= 11 is 0. The molecule has 1 aliphatic rings. The molecule has 15 heavy (non-hydrogen) atoms. The summed E-state index contributed by atoms with van der Waals surface area (Å²) < 4.78 is 0. The summed E-state index contributed by atoms with van der Waals surface area (Å²) in [7, 11) is 1.92. The van der Waals surface area contributed by atoms with E-state index < -0.39 is 0 Å². The van der Waals surface area contributed by atoms with Gasteiger partial charge in [-0.1, -0.05) is 22.9 Å². The molecule has 0 aromatic heterocycles. The first-order valence-corrected chi connectivity index (χ1v) is 4.69. The summed E-state index contributed by atoms with van der Waals surface area (Å²) in [6.45, 7) is 4.14. The zero-order valence-electron chi connectivity index (χ0n) is 9.08. The summed E-state index contributed by atoms with van der Waals surface area (Å²) in [4.78, 5) is 0. The smallest absolute Gasteiger partial charge is 0.139 e. The van der Waals surface area contributed by atoms with E-state index in [2.05, 4.69) is 48.6 Å². The predicted octanol–water partition coefficient (Wildman–Crippen LogP) is 2.80. The number of aryl methyl sites for hydroxylation is 1. The van der Waals surface area contributed by atoms with Crippen molar-refractivity contribution in [1.29, 1.82) is 0 Å². The van der Waals surface area contributed by atoms with Crippen LogP contribution in [0.3, 0.4) is 0 Å². The van der Waals surface area contributed by atoms with Gasteiger partial charge in [-0.2, -0.15) is 0 Å². The van der Waals surface area contributed by atoms with E-state index in [9.17, 15) is 0 Å². The Hall–Kier alpha value is -1.29. The quantitative estimate of drug-likeness (QED) is 0.738. The van der Waals surface area contributed by atoms with E-state index in [0.717, 1.165) is 5.69 Å². The third kappa shape index (κ3) is 2.21. The molecule has 0 N–H and O–H groups in total. The topological polar surface area (TPSA) is 31.2 Å². The molecule has 2 rings (SSSR count). The lowest BCUT2D eigenvalue weighted by molar-refractivity contribution is 0.303. The molecule has 4 nitrogen and oxygen atoms in total. The molecular formula is C10H15ClN4. The van der Waals surface area contributed by atoms with Gasteiger partial charge in [0, 0.05) is 7.05 Å². The number of hydrogen-bond donors (Lipinski definition) is 0. The molecular weight excluding hydrogens is 212 g/mol. The van der Waals surface area contributed by atoms with Crippen molar-refractivity contribution >= 4 is 18.1 Å². The molecule has 1 unspecified atom stereocenters. The summed E-state index contributed by atoms with van der Waals surface area (Å²) in [6.07, 6.45) is 0.192. The zero-order valence-corrected chi connectivity index (χ0v) is 9.90. The second kappa shape index (κ2) is 4.49. The van der Waals surface area contributed by atoms with Crippen LogP contribution in [-0.2, 0) is 0 Å². The number of benzene rings is 1. The van der Waals surface area contributed by atoms with E-state index in [1.54, 1.807) is 0 Å². The van der Waals surface area contributed by atoms with Crippen molar-refractivity contribution in [3.8, 4) is 0 Å². The maximum Gasteiger partial charge on any atom is 0.139 e. The van der Waals surface area contributed by atoms with Crippen molar-refractivity contribution in [1.82, 2.24) is 5.01 Å². The Morgan fingerprint density at radius 1 is 1.13 bits per heavy atom. The monoisotopic (exact) mass is 226 g/mol. The molecule has 0 saturated heterocycles. The second-order valence-corrected chi connectivity index (χ2v) is 3.56. The van der Waals surface area contributed by atoms with Gasteiger partial charge in [-0.15, -0.1) is 12.4 Å². The van der Waals surface area contributed by atoms with Crippen LogP contribution < -0.4 is 5.01 Å². The van der Waals surface area contributed by atoms with Crippen molar-refractivity contribution in [2.24, 2.45) is 10.4 Å². The lowest BCUT2D eigenvalue weighted by Gasteiger charge is -2.21. The van der Waals surface area contributed by atoms with Crippen LogP contribution in [0.15, 0.2) is 34.7 Å². The molecule has 1 aliphatic heterocycles. The van der Waals surface area contributed by atoms with E-state index in [4.69, 9.17) is 0 Å². The highest BCUT2D eigenvalue weighted by Crippen LogP contribution is 2.23. The SMILES string of the molecule is Cc1ccc(N2N=NN(C)C2C)cc1.Cl. The van der Waals surface area contributed by atoms with E-state index in [1.807, 2.05) is 17.1 Å². The molecule has 0 spiro atoms. The largest absolute Gasteiger partial charge is 0.256 e. The molecule has 82 valence electrons. The standard InChI is InChI=1S/C10H14N4.ClH/c1-8-4-6-10(7-5-8)14-9(2)13(3)11-12-14;/h4-7,9H,1-3H3;1H. The van der Waals surface area contributed by atoms with Crippen molar-refractivity contribution in [3.63, 3.8) is 0 Å². The second-order valence-electron chi connectivity index (χ2n) is 3.56.